The molecular weight excluding hydrogens is 297 g/mol. The molecular formula is C18H16FNOS. The van der Waals surface area contributed by atoms with Crippen LogP contribution in [0.5, 0.6) is 0 Å². The van der Waals surface area contributed by atoms with Gasteiger partial charge in [-0.25, -0.2) is 4.39 Å². The van der Waals surface area contributed by atoms with Crippen molar-refractivity contribution in [1.82, 2.24) is 0 Å². The molecule has 3 rings (SSSR count). The first kappa shape index (κ1) is 14.7. The minimum Gasteiger partial charge on any atom is -0.321 e. The van der Waals surface area contributed by atoms with E-state index >= 15 is 0 Å². The summed E-state index contributed by atoms with van der Waals surface area (Å²) in [5, 5.41) is 3.48. The first-order chi connectivity index (χ1) is 10.5. The smallest absolute Gasteiger partial charge is 0.266 e. The molecule has 1 aromatic heterocycles. The molecule has 0 aliphatic carbocycles. The van der Waals surface area contributed by atoms with E-state index in [9.17, 15) is 9.18 Å². The molecule has 0 atom stereocenters. The lowest BCUT2D eigenvalue weighted by Crippen LogP contribution is -2.12. The van der Waals surface area contributed by atoms with Gasteiger partial charge < -0.3 is 5.32 Å². The van der Waals surface area contributed by atoms with E-state index in [0.717, 1.165) is 21.5 Å². The Bertz CT molecular complexity index is 882. The molecule has 1 amide bonds. The molecule has 0 unspecified atom stereocenters. The average molecular weight is 313 g/mol. The number of amides is 1. The summed E-state index contributed by atoms with van der Waals surface area (Å²) in [5.41, 5.74) is 3.65. The summed E-state index contributed by atoms with van der Waals surface area (Å²) in [5.74, 6) is -0.469. The van der Waals surface area contributed by atoms with Crippen LogP contribution in [-0.4, -0.2) is 5.91 Å². The van der Waals surface area contributed by atoms with E-state index in [4.69, 9.17) is 0 Å². The van der Waals surface area contributed by atoms with Crippen LogP contribution in [-0.2, 0) is 0 Å². The first-order valence-electron chi connectivity index (χ1n) is 7.04. The predicted molar refractivity (Wildman–Crippen MR) is 90.4 cm³/mol. The maximum Gasteiger partial charge on any atom is 0.266 e. The van der Waals surface area contributed by atoms with Crippen LogP contribution in [0.1, 0.15) is 26.4 Å². The molecule has 2 nitrogen and oxygen atoms in total. The Morgan fingerprint density at radius 2 is 1.77 bits per heavy atom. The van der Waals surface area contributed by atoms with Crippen molar-refractivity contribution in [3.8, 4) is 0 Å². The average Bonchev–Trinajstić information content (AvgIpc) is 2.82. The van der Waals surface area contributed by atoms with Gasteiger partial charge in [-0.15, -0.1) is 11.3 Å². The van der Waals surface area contributed by atoms with Gasteiger partial charge in [0.05, 0.1) is 4.88 Å². The number of rotatable bonds is 2. The van der Waals surface area contributed by atoms with Gasteiger partial charge in [0.2, 0.25) is 0 Å². The van der Waals surface area contributed by atoms with Crippen LogP contribution in [0.4, 0.5) is 10.1 Å². The molecule has 1 N–H and O–H groups in total. The quantitative estimate of drug-likeness (QED) is 0.690. The Hall–Kier alpha value is -2.20. The third-order valence-electron chi connectivity index (χ3n) is 3.96. The zero-order valence-electron chi connectivity index (χ0n) is 12.7. The normalized spacial score (nSPS) is 10.9. The maximum absolute atomic E-state index is 13.9. The Morgan fingerprint density at radius 3 is 2.50 bits per heavy atom. The van der Waals surface area contributed by atoms with E-state index in [1.54, 1.807) is 13.0 Å². The van der Waals surface area contributed by atoms with E-state index < -0.39 is 0 Å². The fourth-order valence-electron chi connectivity index (χ4n) is 2.54. The second kappa shape index (κ2) is 5.54. The monoisotopic (exact) mass is 313 g/mol. The predicted octanol–water partition coefficient (Wildman–Crippen LogP) is 5.22. The molecule has 2 aromatic carbocycles. The zero-order valence-corrected chi connectivity index (χ0v) is 13.5. The molecule has 0 bridgehead atoms. The minimum absolute atomic E-state index is 0.188. The molecule has 0 spiro atoms. The Balaban J connectivity index is 2.01. The van der Waals surface area contributed by atoms with Gasteiger partial charge in [-0.3, -0.25) is 4.79 Å². The van der Waals surface area contributed by atoms with Crippen molar-refractivity contribution >= 4 is 33.0 Å². The molecule has 4 heteroatoms. The molecule has 0 saturated heterocycles. The number of aryl methyl sites for hydroxylation is 2. The van der Waals surface area contributed by atoms with Crippen molar-refractivity contribution in [2.45, 2.75) is 20.8 Å². The highest BCUT2D eigenvalue weighted by Gasteiger charge is 2.18. The molecule has 112 valence electrons. The Kier molecular flexibility index (Phi) is 3.71. The summed E-state index contributed by atoms with van der Waals surface area (Å²) in [4.78, 5) is 13.1. The molecule has 1 heterocycles. The second-order valence-electron chi connectivity index (χ2n) is 5.37. The van der Waals surface area contributed by atoms with Gasteiger partial charge >= 0.3 is 0 Å². The van der Waals surface area contributed by atoms with Crippen molar-refractivity contribution < 1.29 is 9.18 Å². The summed E-state index contributed by atoms with van der Waals surface area (Å²) in [7, 11) is 0. The third-order valence-corrected chi connectivity index (χ3v) is 5.22. The maximum atomic E-state index is 13.9. The van der Waals surface area contributed by atoms with Gasteiger partial charge in [0.25, 0.3) is 5.91 Å². The lowest BCUT2D eigenvalue weighted by molar-refractivity contribution is 0.103. The van der Waals surface area contributed by atoms with Crippen molar-refractivity contribution in [1.29, 1.82) is 0 Å². The summed E-state index contributed by atoms with van der Waals surface area (Å²) < 4.78 is 14.7. The van der Waals surface area contributed by atoms with Gasteiger partial charge in [0.15, 0.2) is 0 Å². The van der Waals surface area contributed by atoms with Crippen molar-refractivity contribution in [3.05, 3.63) is 63.8 Å². The van der Waals surface area contributed by atoms with Crippen LogP contribution in [0, 0.1) is 26.6 Å². The number of fused-ring (bicyclic) bond motifs is 1. The van der Waals surface area contributed by atoms with Crippen molar-refractivity contribution in [3.63, 3.8) is 0 Å². The highest BCUT2D eigenvalue weighted by Crippen LogP contribution is 2.33. The van der Waals surface area contributed by atoms with Crippen molar-refractivity contribution in [2.75, 3.05) is 5.32 Å². The van der Waals surface area contributed by atoms with Crippen LogP contribution in [0.2, 0.25) is 0 Å². The molecule has 22 heavy (non-hydrogen) atoms. The number of carbonyl (C=O) groups excluding carboxylic acids is 1. The minimum atomic E-state index is -0.281. The largest absolute Gasteiger partial charge is 0.321 e. The molecule has 0 aliphatic rings. The van der Waals surface area contributed by atoms with Gasteiger partial charge in [-0.05, 0) is 55.7 Å². The highest BCUT2D eigenvalue weighted by molar-refractivity contribution is 7.21. The van der Waals surface area contributed by atoms with E-state index in [1.807, 2.05) is 38.1 Å². The van der Waals surface area contributed by atoms with Crippen LogP contribution in [0.25, 0.3) is 10.1 Å². The van der Waals surface area contributed by atoms with E-state index in [0.29, 0.717) is 15.8 Å². The number of hydrogen-bond donors (Lipinski definition) is 1. The van der Waals surface area contributed by atoms with E-state index in [1.165, 1.54) is 17.4 Å². The number of thiophene rings is 1. The lowest BCUT2D eigenvalue weighted by Gasteiger charge is -2.10. The molecule has 0 fully saturated rings. The number of anilines is 1. The van der Waals surface area contributed by atoms with E-state index in [2.05, 4.69) is 5.32 Å². The molecule has 3 aromatic rings. The fourth-order valence-corrected chi connectivity index (χ4v) is 3.65. The van der Waals surface area contributed by atoms with Crippen LogP contribution in [0.15, 0.2) is 36.4 Å². The SMILES string of the molecule is Cc1cccc(NC(=O)c2sc3cccc(F)c3c2C)c1C. The number of benzene rings is 2. The third kappa shape index (κ3) is 2.40. The zero-order chi connectivity index (χ0) is 15.9. The highest BCUT2D eigenvalue weighted by atomic mass is 32.1. The summed E-state index contributed by atoms with van der Waals surface area (Å²) >= 11 is 1.32. The van der Waals surface area contributed by atoms with Crippen LogP contribution in [0.3, 0.4) is 0 Å². The fraction of sp³-hybridized carbons (Fsp3) is 0.167. The first-order valence-corrected chi connectivity index (χ1v) is 7.86. The van der Waals surface area contributed by atoms with Gasteiger partial charge in [-0.2, -0.15) is 0 Å². The Labute approximate surface area is 132 Å². The summed E-state index contributed by atoms with van der Waals surface area (Å²) in [6, 6.07) is 10.7. The van der Waals surface area contributed by atoms with Gasteiger partial charge in [-0.1, -0.05) is 18.2 Å². The number of carbonyl (C=O) groups is 1. The number of nitrogens with one attached hydrogen (secondary N) is 1. The van der Waals surface area contributed by atoms with E-state index in [-0.39, 0.29) is 11.7 Å². The Morgan fingerprint density at radius 1 is 1.05 bits per heavy atom. The molecule has 0 radical (unpaired) electrons. The number of halogens is 1. The molecule has 0 aliphatic heterocycles. The molecule has 0 saturated carbocycles. The summed E-state index contributed by atoms with van der Waals surface area (Å²) in [6.45, 7) is 5.77. The van der Waals surface area contributed by atoms with Crippen LogP contribution < -0.4 is 5.32 Å². The topological polar surface area (TPSA) is 29.1 Å². The van der Waals surface area contributed by atoms with Crippen molar-refractivity contribution in [2.24, 2.45) is 0 Å². The van der Waals surface area contributed by atoms with Gasteiger partial charge in [0.1, 0.15) is 5.82 Å². The second-order valence-corrected chi connectivity index (χ2v) is 6.42. The standard InChI is InChI=1S/C18H16FNOS/c1-10-6-4-8-14(11(10)2)20-18(21)17-12(3)16-13(19)7-5-9-15(16)22-17/h4-9H,1-3H3,(H,20,21). The van der Waals surface area contributed by atoms with Gasteiger partial charge in [0, 0.05) is 15.8 Å². The summed E-state index contributed by atoms with van der Waals surface area (Å²) in [6.07, 6.45) is 0. The van der Waals surface area contributed by atoms with Crippen LogP contribution >= 0.6 is 11.3 Å². The lowest BCUT2D eigenvalue weighted by atomic mass is 10.1. The number of hydrogen-bond acceptors (Lipinski definition) is 2.